The quantitative estimate of drug-likeness (QED) is 0.832. The van der Waals surface area contributed by atoms with Crippen molar-refractivity contribution in [2.24, 2.45) is 0 Å². The first-order chi connectivity index (χ1) is 9.85. The molecule has 2 N–H and O–H groups in total. The van der Waals surface area contributed by atoms with E-state index in [-0.39, 0.29) is 16.1 Å². The Balaban J connectivity index is 2.37. The molecule has 0 bridgehead atoms. The number of aromatic amines is 1. The van der Waals surface area contributed by atoms with Crippen molar-refractivity contribution >= 4 is 21.7 Å². The van der Waals surface area contributed by atoms with Crippen molar-refractivity contribution in [3.63, 3.8) is 0 Å². The number of sulfonamides is 1. The van der Waals surface area contributed by atoms with Gasteiger partial charge in [0.15, 0.2) is 0 Å². The van der Waals surface area contributed by atoms with E-state index in [1.54, 1.807) is 6.92 Å². The number of carbonyl (C=O) groups excluding carboxylic acids is 1. The molecule has 0 aliphatic rings. The first kappa shape index (κ1) is 15.0. The van der Waals surface area contributed by atoms with Gasteiger partial charge in [-0.15, -0.1) is 0 Å². The number of ether oxygens (including phenoxy) is 1. The van der Waals surface area contributed by atoms with Crippen LogP contribution in [-0.4, -0.2) is 31.7 Å². The molecule has 21 heavy (non-hydrogen) atoms. The summed E-state index contributed by atoms with van der Waals surface area (Å²) in [6, 6.07) is 3.25. The van der Waals surface area contributed by atoms with E-state index in [2.05, 4.69) is 19.7 Å². The third kappa shape index (κ3) is 3.02. The van der Waals surface area contributed by atoms with Crippen LogP contribution in [0.3, 0.4) is 0 Å². The van der Waals surface area contributed by atoms with Crippen LogP contribution in [0.1, 0.15) is 16.1 Å². The Labute approximate surface area is 120 Å². The molecule has 0 saturated heterocycles. The molecule has 0 spiro atoms. The lowest BCUT2D eigenvalue weighted by Gasteiger charge is -2.09. The first-order valence-corrected chi connectivity index (χ1v) is 7.24. The van der Waals surface area contributed by atoms with Gasteiger partial charge < -0.3 is 4.74 Å². The molecular formula is C12H12FN3O4S. The second-order valence-electron chi connectivity index (χ2n) is 4.15. The molecule has 2 rings (SSSR count). The lowest BCUT2D eigenvalue weighted by atomic mass is 10.2. The smallest absolute Gasteiger partial charge is 0.340 e. The standard InChI is InChI=1S/C12H12FN3O4S/c1-7-11(6-14-15-7)21(18,19)16-8-3-4-10(13)9(5-8)12(17)20-2/h3-6,16H,1-2H3,(H,14,15). The average Bonchev–Trinajstić information content (AvgIpc) is 2.87. The Kier molecular flexibility index (Phi) is 3.94. The van der Waals surface area contributed by atoms with Crippen molar-refractivity contribution in [2.75, 3.05) is 11.8 Å². The van der Waals surface area contributed by atoms with E-state index < -0.39 is 21.8 Å². The number of aromatic nitrogens is 2. The highest BCUT2D eigenvalue weighted by molar-refractivity contribution is 7.92. The molecule has 0 atom stereocenters. The minimum absolute atomic E-state index is 0.0357. The van der Waals surface area contributed by atoms with Gasteiger partial charge in [-0.1, -0.05) is 0 Å². The Morgan fingerprint density at radius 2 is 2.14 bits per heavy atom. The number of halogens is 1. The largest absolute Gasteiger partial charge is 0.465 e. The van der Waals surface area contributed by atoms with Gasteiger partial charge >= 0.3 is 5.97 Å². The summed E-state index contributed by atoms with van der Waals surface area (Å²) in [4.78, 5) is 11.3. The van der Waals surface area contributed by atoms with Gasteiger partial charge in [0.05, 0.1) is 24.6 Å². The van der Waals surface area contributed by atoms with Crippen molar-refractivity contribution in [3.8, 4) is 0 Å². The molecule has 7 nitrogen and oxygen atoms in total. The van der Waals surface area contributed by atoms with Crippen molar-refractivity contribution in [1.82, 2.24) is 10.2 Å². The van der Waals surface area contributed by atoms with E-state index in [1.807, 2.05) is 0 Å². The van der Waals surface area contributed by atoms with Gasteiger partial charge in [0.2, 0.25) is 0 Å². The molecule has 0 unspecified atom stereocenters. The summed E-state index contributed by atoms with van der Waals surface area (Å²) in [5.74, 6) is -1.70. The number of nitrogens with one attached hydrogen (secondary N) is 2. The summed E-state index contributed by atoms with van der Waals surface area (Å²) in [5.41, 5.74) is 0.0387. The summed E-state index contributed by atoms with van der Waals surface area (Å²) in [7, 11) is -2.78. The molecule has 0 saturated carbocycles. The van der Waals surface area contributed by atoms with Gasteiger partial charge in [-0.25, -0.2) is 17.6 Å². The fourth-order valence-corrected chi connectivity index (χ4v) is 2.86. The van der Waals surface area contributed by atoms with Crippen LogP contribution in [0, 0.1) is 12.7 Å². The van der Waals surface area contributed by atoms with E-state index >= 15 is 0 Å². The van der Waals surface area contributed by atoms with E-state index in [0.29, 0.717) is 5.69 Å². The number of methoxy groups -OCH3 is 1. The zero-order valence-electron chi connectivity index (χ0n) is 11.2. The highest BCUT2D eigenvalue weighted by atomic mass is 32.2. The molecule has 1 aromatic carbocycles. The summed E-state index contributed by atoms with van der Waals surface area (Å²) in [6.07, 6.45) is 1.16. The lowest BCUT2D eigenvalue weighted by molar-refractivity contribution is 0.0595. The number of hydrogen-bond acceptors (Lipinski definition) is 5. The molecule has 1 heterocycles. The zero-order chi connectivity index (χ0) is 15.6. The predicted molar refractivity (Wildman–Crippen MR) is 71.9 cm³/mol. The van der Waals surface area contributed by atoms with Crippen LogP contribution in [0.25, 0.3) is 0 Å². The fourth-order valence-electron chi connectivity index (χ4n) is 1.68. The lowest BCUT2D eigenvalue weighted by Crippen LogP contribution is -2.14. The molecule has 9 heteroatoms. The van der Waals surface area contributed by atoms with E-state index in [0.717, 1.165) is 25.4 Å². The van der Waals surface area contributed by atoms with Crippen molar-refractivity contribution < 1.29 is 22.3 Å². The molecule has 0 aliphatic heterocycles. The number of benzene rings is 1. The number of nitrogens with zero attached hydrogens (tertiary/aromatic N) is 1. The SMILES string of the molecule is COC(=O)c1cc(NS(=O)(=O)c2cn[nH]c2C)ccc1F. The van der Waals surface area contributed by atoms with Gasteiger partial charge in [0.25, 0.3) is 10.0 Å². The zero-order valence-corrected chi connectivity index (χ0v) is 12.0. The van der Waals surface area contributed by atoms with Gasteiger partial charge in [0.1, 0.15) is 10.7 Å². The molecule has 2 aromatic rings. The number of hydrogen-bond donors (Lipinski definition) is 2. The number of anilines is 1. The normalized spacial score (nSPS) is 11.2. The second kappa shape index (κ2) is 5.52. The summed E-state index contributed by atoms with van der Waals surface area (Å²) in [5, 5.41) is 6.13. The maximum Gasteiger partial charge on any atom is 0.340 e. The Bertz CT molecular complexity index is 786. The number of aryl methyl sites for hydroxylation is 1. The molecule has 112 valence electrons. The maximum atomic E-state index is 13.5. The summed E-state index contributed by atoms with van der Waals surface area (Å²) >= 11 is 0. The molecule has 0 amide bonds. The van der Waals surface area contributed by atoms with Crippen molar-refractivity contribution in [2.45, 2.75) is 11.8 Å². The van der Waals surface area contributed by atoms with Gasteiger partial charge in [-0.05, 0) is 25.1 Å². The van der Waals surface area contributed by atoms with E-state index in [1.165, 1.54) is 6.07 Å². The van der Waals surface area contributed by atoms with Crippen LogP contribution in [-0.2, 0) is 14.8 Å². The van der Waals surface area contributed by atoms with Crippen LogP contribution in [0.15, 0.2) is 29.3 Å². The molecule has 0 radical (unpaired) electrons. The van der Waals surface area contributed by atoms with E-state index in [4.69, 9.17) is 0 Å². The number of esters is 1. The Hall–Kier alpha value is -2.42. The van der Waals surface area contributed by atoms with E-state index in [9.17, 15) is 17.6 Å². The van der Waals surface area contributed by atoms with Gasteiger partial charge in [-0.3, -0.25) is 9.82 Å². The maximum absolute atomic E-state index is 13.5. The summed E-state index contributed by atoms with van der Waals surface area (Å²) < 4.78 is 44.4. The van der Waals surface area contributed by atoms with Gasteiger partial charge in [-0.2, -0.15) is 5.10 Å². The second-order valence-corrected chi connectivity index (χ2v) is 5.80. The van der Waals surface area contributed by atoms with Crippen LogP contribution in [0.2, 0.25) is 0 Å². The van der Waals surface area contributed by atoms with Crippen molar-refractivity contribution in [1.29, 1.82) is 0 Å². The highest BCUT2D eigenvalue weighted by Crippen LogP contribution is 2.20. The minimum atomic E-state index is -3.88. The van der Waals surface area contributed by atoms with Crippen LogP contribution >= 0.6 is 0 Å². The third-order valence-electron chi connectivity index (χ3n) is 2.70. The Morgan fingerprint density at radius 3 is 2.71 bits per heavy atom. The van der Waals surface area contributed by atoms with Gasteiger partial charge in [0, 0.05) is 5.69 Å². The fraction of sp³-hybridized carbons (Fsp3) is 0.167. The highest BCUT2D eigenvalue weighted by Gasteiger charge is 2.20. The molecular weight excluding hydrogens is 301 g/mol. The van der Waals surface area contributed by atoms with Crippen molar-refractivity contribution in [3.05, 3.63) is 41.5 Å². The predicted octanol–water partition coefficient (Wildman–Crippen LogP) is 1.44. The molecule has 0 aliphatic carbocycles. The molecule has 0 fully saturated rings. The topological polar surface area (TPSA) is 101 Å². The van der Waals surface area contributed by atoms with Crippen LogP contribution in [0.4, 0.5) is 10.1 Å². The third-order valence-corrected chi connectivity index (χ3v) is 4.19. The average molecular weight is 313 g/mol. The molecule has 1 aromatic heterocycles. The summed E-state index contributed by atoms with van der Waals surface area (Å²) in [6.45, 7) is 1.55. The minimum Gasteiger partial charge on any atom is -0.465 e. The number of H-pyrrole nitrogens is 1. The monoisotopic (exact) mass is 313 g/mol. The first-order valence-electron chi connectivity index (χ1n) is 5.76. The number of rotatable bonds is 4. The van der Waals surface area contributed by atoms with Crippen LogP contribution in [0.5, 0.6) is 0 Å². The van der Waals surface area contributed by atoms with Crippen LogP contribution < -0.4 is 4.72 Å². The number of carbonyl (C=O) groups is 1. The Morgan fingerprint density at radius 1 is 1.43 bits per heavy atom.